The van der Waals surface area contributed by atoms with Crippen molar-refractivity contribution >= 4 is 5.95 Å². The monoisotopic (exact) mass is 296 g/mol. The minimum absolute atomic E-state index is 0.554. The Kier molecular flexibility index (Phi) is 4.68. The van der Waals surface area contributed by atoms with Crippen LogP contribution in [0.25, 0.3) is 0 Å². The SMILES string of the molecule is CCC1CN(c2nccc(C)n2)CCN1Cc1ccccc1. The normalized spacial score (nSPS) is 19.4. The molecule has 1 atom stereocenters. The van der Waals surface area contributed by atoms with Crippen molar-refractivity contribution in [1.82, 2.24) is 14.9 Å². The van der Waals surface area contributed by atoms with E-state index in [1.165, 1.54) is 5.56 Å². The molecule has 4 heteroatoms. The molecule has 0 saturated carbocycles. The number of hydrogen-bond acceptors (Lipinski definition) is 4. The summed E-state index contributed by atoms with van der Waals surface area (Å²) in [6, 6.07) is 13.2. The molecule has 0 aliphatic carbocycles. The highest BCUT2D eigenvalue weighted by molar-refractivity contribution is 5.31. The minimum atomic E-state index is 0.554. The van der Waals surface area contributed by atoms with Crippen LogP contribution in [0.2, 0.25) is 0 Å². The third-order valence-corrected chi connectivity index (χ3v) is 4.37. The number of benzene rings is 1. The molecular formula is C18H24N4. The molecule has 1 aliphatic rings. The lowest BCUT2D eigenvalue weighted by Gasteiger charge is -2.41. The van der Waals surface area contributed by atoms with Crippen LogP contribution in [0.5, 0.6) is 0 Å². The second-order valence-electron chi connectivity index (χ2n) is 5.96. The van der Waals surface area contributed by atoms with Gasteiger partial charge in [-0.1, -0.05) is 37.3 Å². The second-order valence-corrected chi connectivity index (χ2v) is 5.96. The minimum Gasteiger partial charge on any atom is -0.338 e. The third kappa shape index (κ3) is 3.45. The summed E-state index contributed by atoms with van der Waals surface area (Å²) in [6.07, 6.45) is 3.00. The maximum Gasteiger partial charge on any atom is 0.225 e. The van der Waals surface area contributed by atoms with E-state index >= 15 is 0 Å². The van der Waals surface area contributed by atoms with Crippen molar-refractivity contribution in [2.75, 3.05) is 24.5 Å². The molecule has 1 unspecified atom stereocenters. The maximum atomic E-state index is 4.57. The highest BCUT2D eigenvalue weighted by atomic mass is 15.3. The smallest absolute Gasteiger partial charge is 0.225 e. The van der Waals surface area contributed by atoms with E-state index in [2.05, 4.69) is 57.0 Å². The van der Waals surface area contributed by atoms with Gasteiger partial charge in [0.15, 0.2) is 0 Å². The standard InChI is InChI=1S/C18H24N4/c1-3-17-14-22(18-19-10-9-15(2)20-18)12-11-21(17)13-16-7-5-4-6-8-16/h4-10,17H,3,11-14H2,1-2H3. The van der Waals surface area contributed by atoms with Gasteiger partial charge < -0.3 is 4.90 Å². The van der Waals surface area contributed by atoms with Gasteiger partial charge in [0.2, 0.25) is 5.95 Å². The number of aromatic nitrogens is 2. The Morgan fingerprint density at radius 1 is 1.14 bits per heavy atom. The van der Waals surface area contributed by atoms with Crippen molar-refractivity contribution in [1.29, 1.82) is 0 Å². The lowest BCUT2D eigenvalue weighted by Crippen LogP contribution is -2.53. The molecule has 0 amide bonds. The van der Waals surface area contributed by atoms with E-state index in [0.29, 0.717) is 6.04 Å². The number of hydrogen-bond donors (Lipinski definition) is 0. The summed E-state index contributed by atoms with van der Waals surface area (Å²) in [6.45, 7) is 8.38. The van der Waals surface area contributed by atoms with Crippen LogP contribution in [-0.2, 0) is 6.54 Å². The van der Waals surface area contributed by atoms with Gasteiger partial charge in [-0.3, -0.25) is 4.90 Å². The van der Waals surface area contributed by atoms with Gasteiger partial charge in [-0.2, -0.15) is 0 Å². The molecule has 116 valence electrons. The van der Waals surface area contributed by atoms with Crippen molar-refractivity contribution in [3.05, 3.63) is 53.9 Å². The molecule has 0 N–H and O–H groups in total. The first-order chi connectivity index (χ1) is 10.8. The van der Waals surface area contributed by atoms with Gasteiger partial charge in [-0.25, -0.2) is 9.97 Å². The van der Waals surface area contributed by atoms with E-state index in [-0.39, 0.29) is 0 Å². The zero-order valence-corrected chi connectivity index (χ0v) is 13.4. The van der Waals surface area contributed by atoms with Crippen LogP contribution in [0.15, 0.2) is 42.6 Å². The summed E-state index contributed by atoms with van der Waals surface area (Å²) in [5.41, 5.74) is 2.42. The van der Waals surface area contributed by atoms with Crippen LogP contribution in [0.1, 0.15) is 24.6 Å². The summed E-state index contributed by atoms with van der Waals surface area (Å²) in [7, 11) is 0. The van der Waals surface area contributed by atoms with E-state index in [1.807, 2.05) is 19.2 Å². The number of aryl methyl sites for hydroxylation is 1. The molecule has 2 heterocycles. The fourth-order valence-corrected chi connectivity index (χ4v) is 3.08. The second kappa shape index (κ2) is 6.88. The highest BCUT2D eigenvalue weighted by Crippen LogP contribution is 2.19. The van der Waals surface area contributed by atoms with Gasteiger partial charge >= 0.3 is 0 Å². The average Bonchev–Trinajstić information content (AvgIpc) is 2.56. The van der Waals surface area contributed by atoms with Crippen LogP contribution >= 0.6 is 0 Å². The van der Waals surface area contributed by atoms with Crippen LogP contribution in [0.3, 0.4) is 0 Å². The molecule has 1 fully saturated rings. The summed E-state index contributed by atoms with van der Waals surface area (Å²) < 4.78 is 0. The summed E-state index contributed by atoms with van der Waals surface area (Å²) in [5, 5.41) is 0. The number of piperazine rings is 1. The average molecular weight is 296 g/mol. The number of nitrogens with zero attached hydrogens (tertiary/aromatic N) is 4. The van der Waals surface area contributed by atoms with Gasteiger partial charge in [-0.15, -0.1) is 0 Å². The lowest BCUT2D eigenvalue weighted by atomic mass is 10.1. The molecule has 1 aliphatic heterocycles. The molecular weight excluding hydrogens is 272 g/mol. The zero-order valence-electron chi connectivity index (χ0n) is 13.4. The fourth-order valence-electron chi connectivity index (χ4n) is 3.08. The molecule has 1 aromatic carbocycles. The molecule has 22 heavy (non-hydrogen) atoms. The van der Waals surface area contributed by atoms with Gasteiger partial charge in [0.25, 0.3) is 0 Å². The van der Waals surface area contributed by atoms with Gasteiger partial charge in [0, 0.05) is 44.1 Å². The van der Waals surface area contributed by atoms with E-state index in [1.54, 1.807) is 0 Å². The molecule has 0 spiro atoms. The number of anilines is 1. The Bertz CT molecular complexity index is 599. The Hall–Kier alpha value is -1.94. The Labute approximate surface area is 132 Å². The predicted octanol–water partition coefficient (Wildman–Crippen LogP) is 2.89. The predicted molar refractivity (Wildman–Crippen MR) is 89.9 cm³/mol. The zero-order chi connectivity index (χ0) is 15.4. The molecule has 3 rings (SSSR count). The first kappa shape index (κ1) is 15.0. The van der Waals surface area contributed by atoms with Crippen molar-refractivity contribution in [3.8, 4) is 0 Å². The van der Waals surface area contributed by atoms with Gasteiger partial charge in [-0.05, 0) is 25.0 Å². The van der Waals surface area contributed by atoms with Gasteiger partial charge in [0.05, 0.1) is 0 Å². The van der Waals surface area contributed by atoms with Crippen LogP contribution in [0, 0.1) is 6.92 Å². The summed E-state index contributed by atoms with van der Waals surface area (Å²) in [4.78, 5) is 13.9. The molecule has 4 nitrogen and oxygen atoms in total. The Morgan fingerprint density at radius 2 is 1.95 bits per heavy atom. The molecule has 2 aromatic rings. The van der Waals surface area contributed by atoms with Crippen LogP contribution < -0.4 is 4.90 Å². The van der Waals surface area contributed by atoms with E-state index in [0.717, 1.165) is 44.2 Å². The first-order valence-electron chi connectivity index (χ1n) is 8.09. The van der Waals surface area contributed by atoms with Crippen LogP contribution in [-0.4, -0.2) is 40.5 Å². The third-order valence-electron chi connectivity index (χ3n) is 4.37. The highest BCUT2D eigenvalue weighted by Gasteiger charge is 2.27. The van der Waals surface area contributed by atoms with Crippen LogP contribution in [0.4, 0.5) is 5.95 Å². The Morgan fingerprint density at radius 3 is 2.68 bits per heavy atom. The van der Waals surface area contributed by atoms with E-state index in [4.69, 9.17) is 0 Å². The molecule has 0 bridgehead atoms. The summed E-state index contributed by atoms with van der Waals surface area (Å²) in [5.74, 6) is 0.873. The lowest BCUT2D eigenvalue weighted by molar-refractivity contribution is 0.163. The quantitative estimate of drug-likeness (QED) is 0.868. The fraction of sp³-hybridized carbons (Fsp3) is 0.444. The van der Waals surface area contributed by atoms with Crippen molar-refractivity contribution in [2.24, 2.45) is 0 Å². The summed E-state index contributed by atoms with van der Waals surface area (Å²) >= 11 is 0. The number of rotatable bonds is 4. The Balaban J connectivity index is 1.68. The molecule has 1 aromatic heterocycles. The molecule has 0 radical (unpaired) electrons. The van der Waals surface area contributed by atoms with E-state index < -0.39 is 0 Å². The van der Waals surface area contributed by atoms with Crippen molar-refractivity contribution in [2.45, 2.75) is 32.9 Å². The van der Waals surface area contributed by atoms with Gasteiger partial charge in [0.1, 0.15) is 0 Å². The largest absolute Gasteiger partial charge is 0.338 e. The van der Waals surface area contributed by atoms with Crippen molar-refractivity contribution < 1.29 is 0 Å². The first-order valence-corrected chi connectivity index (χ1v) is 8.09. The van der Waals surface area contributed by atoms with E-state index in [9.17, 15) is 0 Å². The topological polar surface area (TPSA) is 32.3 Å². The maximum absolute atomic E-state index is 4.57. The van der Waals surface area contributed by atoms with Crippen molar-refractivity contribution in [3.63, 3.8) is 0 Å². The molecule has 1 saturated heterocycles.